The maximum absolute atomic E-state index is 12.4. The molecule has 1 fully saturated rings. The van der Waals surface area contributed by atoms with Gasteiger partial charge in [0.25, 0.3) is 0 Å². The lowest BCUT2D eigenvalue weighted by Gasteiger charge is -2.38. The fraction of sp³-hybridized carbons (Fsp3) is 0.611. The number of hydrogen-bond donors (Lipinski definition) is 1. The van der Waals surface area contributed by atoms with Crippen molar-refractivity contribution < 1.29 is 9.53 Å². The third-order valence-corrected chi connectivity index (χ3v) is 4.45. The molecule has 0 radical (unpaired) electrons. The molecule has 0 spiro atoms. The summed E-state index contributed by atoms with van der Waals surface area (Å²) >= 11 is 0. The molecule has 1 amide bonds. The Labute approximate surface area is 133 Å². The number of ether oxygens (including phenoxy) is 1. The molecule has 1 aromatic rings. The van der Waals surface area contributed by atoms with E-state index >= 15 is 0 Å². The summed E-state index contributed by atoms with van der Waals surface area (Å²) in [5.41, 5.74) is 1.08. The first kappa shape index (κ1) is 16.8. The Morgan fingerprint density at radius 3 is 2.41 bits per heavy atom. The largest absolute Gasteiger partial charge is 0.497 e. The van der Waals surface area contributed by atoms with Crippen molar-refractivity contribution in [3.63, 3.8) is 0 Å². The number of amides is 1. The highest BCUT2D eigenvalue weighted by Crippen LogP contribution is 2.22. The summed E-state index contributed by atoms with van der Waals surface area (Å²) < 4.78 is 5.14. The van der Waals surface area contributed by atoms with Gasteiger partial charge >= 0.3 is 0 Å². The van der Waals surface area contributed by atoms with Gasteiger partial charge in [0.2, 0.25) is 5.91 Å². The summed E-state index contributed by atoms with van der Waals surface area (Å²) in [6, 6.07) is 7.73. The molecule has 1 N–H and O–H groups in total. The Bertz CT molecular complexity index is 476. The van der Waals surface area contributed by atoms with E-state index in [0.717, 1.165) is 24.4 Å². The molecule has 1 saturated heterocycles. The second-order valence-corrected chi connectivity index (χ2v) is 6.64. The molecule has 0 saturated carbocycles. The van der Waals surface area contributed by atoms with E-state index in [9.17, 15) is 4.79 Å². The van der Waals surface area contributed by atoms with E-state index in [1.165, 1.54) is 6.42 Å². The molecule has 0 aliphatic carbocycles. The van der Waals surface area contributed by atoms with Crippen LogP contribution in [0.15, 0.2) is 24.3 Å². The van der Waals surface area contributed by atoms with Gasteiger partial charge in [-0.3, -0.25) is 9.69 Å². The molecule has 1 aliphatic rings. The Kier molecular flexibility index (Phi) is 5.83. The maximum atomic E-state index is 12.4. The van der Waals surface area contributed by atoms with Gasteiger partial charge in [-0.25, -0.2) is 0 Å². The molecule has 1 aliphatic heterocycles. The molecule has 1 heterocycles. The van der Waals surface area contributed by atoms with Crippen molar-refractivity contribution in [1.82, 2.24) is 10.2 Å². The minimum atomic E-state index is -0.0663. The molecule has 0 bridgehead atoms. The van der Waals surface area contributed by atoms with E-state index in [1.54, 1.807) is 7.11 Å². The van der Waals surface area contributed by atoms with Crippen molar-refractivity contribution in [3.8, 4) is 5.75 Å². The third kappa shape index (κ3) is 4.47. The monoisotopic (exact) mass is 304 g/mol. The first-order valence-electron chi connectivity index (χ1n) is 8.14. The van der Waals surface area contributed by atoms with Crippen LogP contribution in [0.25, 0.3) is 0 Å². The van der Waals surface area contributed by atoms with Gasteiger partial charge in [0.15, 0.2) is 0 Å². The van der Waals surface area contributed by atoms with Crippen LogP contribution in [-0.4, -0.2) is 37.0 Å². The van der Waals surface area contributed by atoms with Crippen LogP contribution in [0.2, 0.25) is 0 Å². The molecule has 4 nitrogen and oxygen atoms in total. The van der Waals surface area contributed by atoms with Gasteiger partial charge in [-0.2, -0.15) is 0 Å². The van der Waals surface area contributed by atoms with Crippen molar-refractivity contribution in [2.24, 2.45) is 11.8 Å². The Morgan fingerprint density at radius 2 is 1.86 bits per heavy atom. The van der Waals surface area contributed by atoms with Crippen molar-refractivity contribution in [1.29, 1.82) is 0 Å². The molecule has 3 atom stereocenters. The highest BCUT2D eigenvalue weighted by Gasteiger charge is 2.28. The van der Waals surface area contributed by atoms with E-state index in [0.29, 0.717) is 18.4 Å². The highest BCUT2D eigenvalue weighted by atomic mass is 16.5. The number of rotatable bonds is 5. The number of carbonyl (C=O) groups is 1. The van der Waals surface area contributed by atoms with E-state index in [-0.39, 0.29) is 11.9 Å². The Morgan fingerprint density at radius 1 is 1.27 bits per heavy atom. The molecule has 0 aromatic heterocycles. The van der Waals surface area contributed by atoms with Gasteiger partial charge in [0.1, 0.15) is 5.75 Å². The first-order valence-corrected chi connectivity index (χ1v) is 8.14. The van der Waals surface area contributed by atoms with Gasteiger partial charge in [0, 0.05) is 19.6 Å². The average molecular weight is 304 g/mol. The van der Waals surface area contributed by atoms with E-state index in [4.69, 9.17) is 4.74 Å². The zero-order valence-electron chi connectivity index (χ0n) is 14.1. The number of carbonyl (C=O) groups excluding carboxylic acids is 1. The number of piperidine rings is 1. The molecule has 122 valence electrons. The molecule has 2 rings (SSSR count). The van der Waals surface area contributed by atoms with Gasteiger partial charge in [-0.15, -0.1) is 0 Å². The predicted molar refractivity (Wildman–Crippen MR) is 88.8 cm³/mol. The molecular formula is C18H28N2O2. The summed E-state index contributed by atoms with van der Waals surface area (Å²) in [6.07, 6.45) is 1.26. The number of nitrogens with one attached hydrogen (secondary N) is 1. The quantitative estimate of drug-likeness (QED) is 0.909. The number of methoxy groups -OCH3 is 1. The normalized spacial score (nSPS) is 23.8. The van der Waals surface area contributed by atoms with Crippen LogP contribution in [0.1, 0.15) is 32.8 Å². The van der Waals surface area contributed by atoms with Crippen LogP contribution in [-0.2, 0) is 11.3 Å². The smallest absolute Gasteiger partial charge is 0.237 e. The summed E-state index contributed by atoms with van der Waals surface area (Å²) in [6.45, 7) is 9.14. The van der Waals surface area contributed by atoms with Crippen LogP contribution in [0, 0.1) is 11.8 Å². The summed E-state index contributed by atoms with van der Waals surface area (Å²) in [7, 11) is 1.65. The van der Waals surface area contributed by atoms with Crippen molar-refractivity contribution in [2.75, 3.05) is 20.2 Å². The Hall–Kier alpha value is -1.55. The molecule has 4 heteroatoms. The zero-order valence-corrected chi connectivity index (χ0v) is 14.1. The minimum Gasteiger partial charge on any atom is -0.497 e. The molecular weight excluding hydrogens is 276 g/mol. The fourth-order valence-electron chi connectivity index (χ4n) is 3.27. The minimum absolute atomic E-state index is 0.0663. The van der Waals surface area contributed by atoms with Gasteiger partial charge in [0.05, 0.1) is 13.2 Å². The lowest BCUT2D eigenvalue weighted by atomic mass is 9.91. The summed E-state index contributed by atoms with van der Waals surface area (Å²) in [4.78, 5) is 14.7. The second-order valence-electron chi connectivity index (χ2n) is 6.64. The van der Waals surface area contributed by atoms with Crippen LogP contribution in [0.4, 0.5) is 0 Å². The molecule has 1 aromatic carbocycles. The van der Waals surface area contributed by atoms with E-state index in [1.807, 2.05) is 31.2 Å². The SMILES string of the molecule is COc1ccc(CNC(=O)[C@H](C)N2C[C@@H](C)C[C@H](C)C2)cc1. The van der Waals surface area contributed by atoms with E-state index < -0.39 is 0 Å². The maximum Gasteiger partial charge on any atom is 0.237 e. The number of benzene rings is 1. The van der Waals surface area contributed by atoms with Crippen LogP contribution in [0.3, 0.4) is 0 Å². The van der Waals surface area contributed by atoms with Crippen molar-refractivity contribution in [2.45, 2.75) is 39.8 Å². The predicted octanol–water partition coefficient (Wildman–Crippen LogP) is 2.68. The van der Waals surface area contributed by atoms with E-state index in [2.05, 4.69) is 24.1 Å². The second kappa shape index (κ2) is 7.63. The van der Waals surface area contributed by atoms with Gasteiger partial charge in [-0.1, -0.05) is 26.0 Å². The van der Waals surface area contributed by atoms with Gasteiger partial charge < -0.3 is 10.1 Å². The third-order valence-electron chi connectivity index (χ3n) is 4.45. The first-order chi connectivity index (χ1) is 10.5. The number of likely N-dealkylation sites (tertiary alicyclic amines) is 1. The zero-order chi connectivity index (χ0) is 16.1. The fourth-order valence-corrected chi connectivity index (χ4v) is 3.27. The molecule has 22 heavy (non-hydrogen) atoms. The number of nitrogens with zero attached hydrogens (tertiary/aromatic N) is 1. The van der Waals surface area contributed by atoms with Crippen molar-refractivity contribution >= 4 is 5.91 Å². The topological polar surface area (TPSA) is 41.6 Å². The lowest BCUT2D eigenvalue weighted by molar-refractivity contribution is -0.127. The highest BCUT2D eigenvalue weighted by molar-refractivity contribution is 5.81. The molecule has 0 unspecified atom stereocenters. The van der Waals surface area contributed by atoms with Crippen molar-refractivity contribution in [3.05, 3.63) is 29.8 Å². The van der Waals surface area contributed by atoms with Crippen LogP contribution in [0.5, 0.6) is 5.75 Å². The van der Waals surface area contributed by atoms with Crippen LogP contribution < -0.4 is 10.1 Å². The summed E-state index contributed by atoms with van der Waals surface area (Å²) in [5, 5.41) is 3.04. The van der Waals surface area contributed by atoms with Crippen LogP contribution >= 0.6 is 0 Å². The van der Waals surface area contributed by atoms with Gasteiger partial charge in [-0.05, 0) is 42.9 Å². The Balaban J connectivity index is 1.85. The standard InChI is InChI=1S/C18H28N2O2/c1-13-9-14(2)12-20(11-13)15(3)18(21)19-10-16-5-7-17(22-4)8-6-16/h5-8,13-15H,9-12H2,1-4H3,(H,19,21)/t13-,14-,15-/m0/s1. The summed E-state index contributed by atoms with van der Waals surface area (Å²) in [5.74, 6) is 2.28. The number of hydrogen-bond acceptors (Lipinski definition) is 3. The lowest BCUT2D eigenvalue weighted by Crippen LogP contribution is -2.50. The average Bonchev–Trinajstić information content (AvgIpc) is 2.51.